The van der Waals surface area contributed by atoms with E-state index in [-0.39, 0.29) is 22.9 Å². The Bertz CT molecular complexity index is 1230. The van der Waals surface area contributed by atoms with E-state index in [4.69, 9.17) is 0 Å². The molecule has 0 aliphatic heterocycles. The predicted molar refractivity (Wildman–Crippen MR) is 117 cm³/mol. The number of hydrogen-bond acceptors (Lipinski definition) is 4. The van der Waals surface area contributed by atoms with Gasteiger partial charge in [-0.2, -0.15) is 4.31 Å². The molecule has 8 heteroatoms. The topological polar surface area (TPSA) is 88.5 Å². The van der Waals surface area contributed by atoms with Gasteiger partial charge in [0.15, 0.2) is 0 Å². The Morgan fingerprint density at radius 2 is 1.67 bits per heavy atom. The van der Waals surface area contributed by atoms with E-state index in [1.165, 1.54) is 14.9 Å². The van der Waals surface area contributed by atoms with Crippen molar-refractivity contribution in [2.45, 2.75) is 25.3 Å². The van der Waals surface area contributed by atoms with Crippen molar-refractivity contribution in [2.75, 3.05) is 13.1 Å². The van der Waals surface area contributed by atoms with Gasteiger partial charge in [-0.15, -0.1) is 0 Å². The third-order valence-electron chi connectivity index (χ3n) is 5.12. The molecule has 1 heterocycles. The van der Waals surface area contributed by atoms with Crippen molar-refractivity contribution in [3.63, 3.8) is 0 Å². The van der Waals surface area contributed by atoms with Gasteiger partial charge < -0.3 is 9.88 Å². The Morgan fingerprint density at radius 3 is 2.30 bits per heavy atom. The fourth-order valence-electron chi connectivity index (χ4n) is 3.37. The van der Waals surface area contributed by atoms with Crippen LogP contribution in [-0.4, -0.2) is 36.3 Å². The van der Waals surface area contributed by atoms with E-state index in [0.29, 0.717) is 29.6 Å². The molecule has 3 rings (SSSR count). The maximum atomic E-state index is 12.7. The number of amides is 1. The molecule has 1 aromatic heterocycles. The molecule has 0 unspecified atom stereocenters. The maximum Gasteiger partial charge on any atom is 0.252 e. The minimum atomic E-state index is -3.52. The number of hydrogen-bond donors (Lipinski definition) is 1. The smallest absolute Gasteiger partial charge is 0.252 e. The molecule has 2 aromatic carbocycles. The minimum absolute atomic E-state index is 0.216. The van der Waals surface area contributed by atoms with E-state index in [2.05, 4.69) is 5.32 Å². The molecule has 3 aromatic rings. The van der Waals surface area contributed by atoms with E-state index in [1.807, 2.05) is 12.1 Å². The average Bonchev–Trinajstić information content (AvgIpc) is 2.75. The Labute approximate surface area is 176 Å². The molecule has 0 spiro atoms. The fraction of sp³-hybridized carbons (Fsp3) is 0.273. The SMILES string of the molecule is CCN(CC)S(=O)(=O)c1ccc(CNC(=O)c2cc(=O)n(C)c3ccccc23)cc1. The van der Waals surface area contributed by atoms with Crippen LogP contribution < -0.4 is 10.9 Å². The van der Waals surface area contributed by atoms with Crippen LogP contribution in [0.2, 0.25) is 0 Å². The number of pyridine rings is 1. The van der Waals surface area contributed by atoms with Crippen molar-refractivity contribution < 1.29 is 13.2 Å². The van der Waals surface area contributed by atoms with Crippen LogP contribution in [0.3, 0.4) is 0 Å². The quantitative estimate of drug-likeness (QED) is 0.628. The number of nitrogens with zero attached hydrogens (tertiary/aromatic N) is 2. The highest BCUT2D eigenvalue weighted by Gasteiger charge is 2.21. The number of rotatable bonds is 7. The second-order valence-corrected chi connectivity index (χ2v) is 8.83. The lowest BCUT2D eigenvalue weighted by Crippen LogP contribution is -2.30. The lowest BCUT2D eigenvalue weighted by molar-refractivity contribution is 0.0952. The summed E-state index contributed by atoms with van der Waals surface area (Å²) in [5.41, 5.74) is 1.50. The van der Waals surface area contributed by atoms with Gasteiger partial charge >= 0.3 is 0 Å². The Hall–Kier alpha value is -2.97. The number of carbonyl (C=O) groups is 1. The summed E-state index contributed by atoms with van der Waals surface area (Å²) >= 11 is 0. The molecule has 0 saturated carbocycles. The van der Waals surface area contributed by atoms with Gasteiger partial charge in [-0.3, -0.25) is 9.59 Å². The molecule has 1 amide bonds. The Kier molecular flexibility index (Phi) is 6.38. The maximum absolute atomic E-state index is 12.7. The van der Waals surface area contributed by atoms with Crippen LogP contribution in [-0.2, 0) is 23.6 Å². The summed E-state index contributed by atoms with van der Waals surface area (Å²) < 4.78 is 28.0. The van der Waals surface area contributed by atoms with Gasteiger partial charge in [-0.05, 0) is 23.8 Å². The highest BCUT2D eigenvalue weighted by atomic mass is 32.2. The molecular formula is C22H25N3O4S. The van der Waals surface area contributed by atoms with Crippen LogP contribution in [0.4, 0.5) is 0 Å². The van der Waals surface area contributed by atoms with Gasteiger partial charge in [0.25, 0.3) is 11.5 Å². The highest BCUT2D eigenvalue weighted by molar-refractivity contribution is 7.89. The molecule has 0 fully saturated rings. The summed E-state index contributed by atoms with van der Waals surface area (Å²) in [5.74, 6) is -0.358. The standard InChI is InChI=1S/C22H25N3O4S/c1-4-25(5-2)30(28,29)17-12-10-16(11-13-17)15-23-22(27)19-14-21(26)24(3)20-9-7-6-8-18(19)20/h6-14H,4-5,15H2,1-3H3,(H,23,27). The molecule has 0 saturated heterocycles. The fourth-order valence-corrected chi connectivity index (χ4v) is 4.83. The molecule has 1 N–H and O–H groups in total. The molecule has 0 radical (unpaired) electrons. The van der Waals surface area contributed by atoms with Crippen LogP contribution in [0.15, 0.2) is 64.3 Å². The molecule has 158 valence electrons. The lowest BCUT2D eigenvalue weighted by Gasteiger charge is -2.18. The molecule has 0 bridgehead atoms. The first-order chi connectivity index (χ1) is 14.3. The number of nitrogens with one attached hydrogen (secondary N) is 1. The number of carbonyl (C=O) groups excluding carboxylic acids is 1. The van der Waals surface area contributed by atoms with Crippen LogP contribution in [0.1, 0.15) is 29.8 Å². The van der Waals surface area contributed by atoms with E-state index < -0.39 is 10.0 Å². The van der Waals surface area contributed by atoms with Crippen LogP contribution in [0.25, 0.3) is 10.9 Å². The summed E-state index contributed by atoms with van der Waals surface area (Å²) in [5, 5.41) is 3.50. The number of aryl methyl sites for hydroxylation is 1. The van der Waals surface area contributed by atoms with Crippen molar-refractivity contribution in [1.29, 1.82) is 0 Å². The highest BCUT2D eigenvalue weighted by Crippen LogP contribution is 2.18. The molecule has 30 heavy (non-hydrogen) atoms. The zero-order chi connectivity index (χ0) is 21.9. The number of para-hydroxylation sites is 1. The molecule has 0 aliphatic carbocycles. The summed E-state index contributed by atoms with van der Waals surface area (Å²) in [7, 11) is -1.85. The van der Waals surface area contributed by atoms with Crippen molar-refractivity contribution in [3.05, 3.63) is 76.1 Å². The Balaban J connectivity index is 1.79. The first-order valence-corrected chi connectivity index (χ1v) is 11.2. The second kappa shape index (κ2) is 8.81. The van der Waals surface area contributed by atoms with Gasteiger partial charge in [0.2, 0.25) is 10.0 Å². The van der Waals surface area contributed by atoms with Gasteiger partial charge in [0.1, 0.15) is 0 Å². The Morgan fingerprint density at radius 1 is 1.03 bits per heavy atom. The van der Waals surface area contributed by atoms with E-state index >= 15 is 0 Å². The van der Waals surface area contributed by atoms with E-state index in [1.54, 1.807) is 57.3 Å². The first-order valence-electron chi connectivity index (χ1n) is 9.75. The third kappa shape index (κ3) is 4.15. The van der Waals surface area contributed by atoms with E-state index in [9.17, 15) is 18.0 Å². The summed E-state index contributed by atoms with van der Waals surface area (Å²) in [6.07, 6.45) is 0. The molecule has 0 atom stereocenters. The molecule has 7 nitrogen and oxygen atoms in total. The molecule has 0 aliphatic rings. The van der Waals surface area contributed by atoms with Crippen molar-refractivity contribution >= 4 is 26.8 Å². The lowest BCUT2D eigenvalue weighted by atomic mass is 10.1. The third-order valence-corrected chi connectivity index (χ3v) is 7.18. The molecular weight excluding hydrogens is 402 g/mol. The first kappa shape index (κ1) is 21.7. The summed E-state index contributed by atoms with van der Waals surface area (Å²) in [4.78, 5) is 25.1. The predicted octanol–water partition coefficient (Wildman–Crippen LogP) is 2.50. The zero-order valence-electron chi connectivity index (χ0n) is 17.3. The largest absolute Gasteiger partial charge is 0.348 e. The number of aromatic nitrogens is 1. The van der Waals surface area contributed by atoms with E-state index in [0.717, 1.165) is 5.56 Å². The summed E-state index contributed by atoms with van der Waals surface area (Å²) in [6.45, 7) is 4.62. The van der Waals surface area contributed by atoms with Gasteiger partial charge in [-0.25, -0.2) is 8.42 Å². The average molecular weight is 428 g/mol. The van der Waals surface area contributed by atoms with Crippen molar-refractivity contribution in [1.82, 2.24) is 14.2 Å². The summed E-state index contributed by atoms with van der Waals surface area (Å²) in [6, 6.07) is 15.0. The zero-order valence-corrected chi connectivity index (χ0v) is 18.1. The number of fused-ring (bicyclic) bond motifs is 1. The number of benzene rings is 2. The van der Waals surface area contributed by atoms with Crippen molar-refractivity contribution in [2.24, 2.45) is 7.05 Å². The monoisotopic (exact) mass is 427 g/mol. The van der Waals surface area contributed by atoms with Gasteiger partial charge in [0.05, 0.1) is 16.0 Å². The van der Waals surface area contributed by atoms with Gasteiger partial charge in [-0.1, -0.05) is 44.2 Å². The van der Waals surface area contributed by atoms with Crippen LogP contribution in [0, 0.1) is 0 Å². The normalized spacial score (nSPS) is 11.7. The van der Waals surface area contributed by atoms with Crippen LogP contribution in [0.5, 0.6) is 0 Å². The second-order valence-electron chi connectivity index (χ2n) is 6.89. The van der Waals surface area contributed by atoms with Crippen molar-refractivity contribution in [3.8, 4) is 0 Å². The minimum Gasteiger partial charge on any atom is -0.348 e. The number of sulfonamides is 1. The van der Waals surface area contributed by atoms with Crippen LogP contribution >= 0.6 is 0 Å². The van der Waals surface area contributed by atoms with Gasteiger partial charge in [0, 0.05) is 38.1 Å².